The van der Waals surface area contributed by atoms with Gasteiger partial charge in [-0.15, -0.1) is 0 Å². The Morgan fingerprint density at radius 2 is 1.81 bits per heavy atom. The van der Waals surface area contributed by atoms with Gasteiger partial charge in [-0.05, 0) is 94.5 Å². The van der Waals surface area contributed by atoms with Crippen molar-refractivity contribution in [2.75, 3.05) is 6.54 Å². The zero-order chi connectivity index (χ0) is 40.9. The van der Waals surface area contributed by atoms with Crippen molar-refractivity contribution in [1.29, 1.82) is 0 Å². The van der Waals surface area contributed by atoms with E-state index in [1.165, 1.54) is 29.4 Å². The Morgan fingerprint density at radius 1 is 1.00 bits per heavy atom. The monoisotopic (exact) mass is 832 g/mol. The number of sulfonamides is 1. The fraction of sp³-hybridized carbons (Fsp3) is 0.512. The quantitative estimate of drug-likeness (QED) is 0.197. The normalized spacial score (nSPS) is 27.3. The molecule has 0 unspecified atom stereocenters. The Bertz CT molecular complexity index is 2430. The zero-order valence-electron chi connectivity index (χ0n) is 32.2. The van der Waals surface area contributed by atoms with Crippen LogP contribution in [0, 0.1) is 11.7 Å². The first-order valence-corrected chi connectivity index (χ1v) is 21.9. The lowest BCUT2D eigenvalue weighted by Gasteiger charge is -2.30. The second kappa shape index (κ2) is 15.6. The molecule has 59 heavy (non-hydrogen) atoms. The lowest BCUT2D eigenvalue weighted by atomic mass is 10.0. The molecular weight excluding hydrogens is 788 g/mol. The first kappa shape index (κ1) is 39.0. The number of benzene rings is 1. The molecule has 5 atom stereocenters. The van der Waals surface area contributed by atoms with E-state index in [0.717, 1.165) is 38.5 Å². The first-order chi connectivity index (χ1) is 28.5. The number of amides is 4. The molecule has 9 rings (SSSR count). The zero-order valence-corrected chi connectivity index (χ0v) is 33.0. The molecular formula is C41H45FN6O10S. The summed E-state index contributed by atoms with van der Waals surface area (Å²) in [5, 5.41) is 5.35. The summed E-state index contributed by atoms with van der Waals surface area (Å²) >= 11 is 0. The lowest BCUT2D eigenvalue weighted by molar-refractivity contribution is -0.141. The maximum Gasteiger partial charge on any atom is 0.408 e. The Kier molecular flexibility index (Phi) is 10.3. The van der Waals surface area contributed by atoms with Crippen molar-refractivity contribution >= 4 is 55.9 Å². The largest absolute Gasteiger partial charge is 0.470 e. The van der Waals surface area contributed by atoms with E-state index < -0.39 is 74.5 Å². The molecule has 1 aromatic carbocycles. The van der Waals surface area contributed by atoms with Crippen LogP contribution < -0.4 is 20.1 Å². The number of allylic oxidation sites excluding steroid dienone is 1. The van der Waals surface area contributed by atoms with E-state index >= 15 is 0 Å². The minimum absolute atomic E-state index is 0.0399. The van der Waals surface area contributed by atoms with E-state index in [-0.39, 0.29) is 54.7 Å². The summed E-state index contributed by atoms with van der Waals surface area (Å²) in [4.78, 5) is 66.8. The van der Waals surface area contributed by atoms with Gasteiger partial charge in [0.1, 0.15) is 46.7 Å². The Morgan fingerprint density at radius 3 is 2.59 bits per heavy atom. The Balaban J connectivity index is 1.05. The van der Waals surface area contributed by atoms with E-state index in [4.69, 9.17) is 18.3 Å². The predicted octanol–water partition coefficient (Wildman–Crippen LogP) is 5.16. The molecule has 5 aliphatic rings. The van der Waals surface area contributed by atoms with Crippen molar-refractivity contribution in [2.24, 2.45) is 5.92 Å². The molecule has 3 saturated carbocycles. The maximum atomic E-state index is 14.7. The highest BCUT2D eigenvalue weighted by Crippen LogP contribution is 2.46. The van der Waals surface area contributed by atoms with Crippen LogP contribution in [0.5, 0.6) is 5.88 Å². The molecule has 18 heteroatoms. The molecule has 1 saturated heterocycles. The smallest absolute Gasteiger partial charge is 0.408 e. The molecule has 3 aliphatic carbocycles. The second-order valence-electron chi connectivity index (χ2n) is 16.3. The minimum Gasteiger partial charge on any atom is -0.470 e. The van der Waals surface area contributed by atoms with Gasteiger partial charge >= 0.3 is 6.09 Å². The lowest BCUT2D eigenvalue weighted by Crippen LogP contribution is -2.58. The molecule has 4 fully saturated rings. The summed E-state index contributed by atoms with van der Waals surface area (Å²) < 4.78 is 66.3. The van der Waals surface area contributed by atoms with Crippen LogP contribution in [0.4, 0.5) is 9.18 Å². The van der Waals surface area contributed by atoms with Crippen molar-refractivity contribution in [3.05, 3.63) is 54.6 Å². The van der Waals surface area contributed by atoms with Gasteiger partial charge in [0.15, 0.2) is 11.6 Å². The van der Waals surface area contributed by atoms with Crippen molar-refractivity contribution in [2.45, 2.75) is 119 Å². The summed E-state index contributed by atoms with van der Waals surface area (Å²) in [6.45, 7) is -0.137. The van der Waals surface area contributed by atoms with Crippen LogP contribution in [-0.4, -0.2) is 88.7 Å². The van der Waals surface area contributed by atoms with Crippen LogP contribution in [0.2, 0.25) is 0 Å². The van der Waals surface area contributed by atoms with Crippen LogP contribution in [0.1, 0.15) is 83.5 Å². The molecule has 2 aliphatic heterocycles. The molecule has 0 spiro atoms. The SMILES string of the molecule is O=C(N[C@H]1CCCCC/C=C\[C@@H]2C[C@@]2(C(=O)NS(=O)(=O)C2CC2)NC(=O)[C@@H]2C[C@@H](Oc3nc(-c4ccco4)nc4c3oc3ccc(F)cc34)CN2C1=O)OC1CCCC1. The van der Waals surface area contributed by atoms with E-state index in [1.54, 1.807) is 12.1 Å². The van der Waals surface area contributed by atoms with Crippen molar-refractivity contribution in [1.82, 2.24) is 30.2 Å². The molecule has 3 aromatic heterocycles. The van der Waals surface area contributed by atoms with Crippen LogP contribution in [0.15, 0.2) is 57.6 Å². The number of ether oxygens (including phenoxy) is 2. The average Bonchev–Trinajstić information content (AvgIpc) is 3.82. The molecule has 4 amide bonds. The summed E-state index contributed by atoms with van der Waals surface area (Å²) in [5.74, 6) is -2.66. The van der Waals surface area contributed by atoms with Crippen molar-refractivity contribution < 1.29 is 50.3 Å². The molecule has 4 aromatic rings. The van der Waals surface area contributed by atoms with Gasteiger partial charge in [-0.2, -0.15) is 4.98 Å². The minimum atomic E-state index is -3.94. The van der Waals surface area contributed by atoms with Crippen molar-refractivity contribution in [3.8, 4) is 17.5 Å². The molecule has 0 bridgehead atoms. The highest BCUT2D eigenvalue weighted by molar-refractivity contribution is 7.91. The van der Waals surface area contributed by atoms with Gasteiger partial charge in [0.2, 0.25) is 27.4 Å². The number of carbonyl (C=O) groups excluding carboxylic acids is 4. The van der Waals surface area contributed by atoms with Crippen molar-refractivity contribution in [3.63, 3.8) is 0 Å². The topological polar surface area (TPSA) is 212 Å². The van der Waals surface area contributed by atoms with Gasteiger partial charge in [-0.25, -0.2) is 22.6 Å². The molecule has 16 nitrogen and oxygen atoms in total. The van der Waals surface area contributed by atoms with Gasteiger partial charge < -0.3 is 33.8 Å². The van der Waals surface area contributed by atoms with Gasteiger partial charge in [-0.3, -0.25) is 19.1 Å². The Hall–Kier alpha value is -5.52. The summed E-state index contributed by atoms with van der Waals surface area (Å²) in [6, 6.07) is 5.05. The number of halogens is 1. The van der Waals surface area contributed by atoms with E-state index in [0.29, 0.717) is 42.4 Å². The second-order valence-corrected chi connectivity index (χ2v) is 18.2. The predicted molar refractivity (Wildman–Crippen MR) is 208 cm³/mol. The Labute approximate surface area is 338 Å². The number of fused-ring (bicyclic) bond motifs is 5. The van der Waals surface area contributed by atoms with Crippen LogP contribution in [-0.2, 0) is 29.1 Å². The van der Waals surface area contributed by atoms with Crippen LogP contribution in [0.3, 0.4) is 0 Å². The molecule has 3 N–H and O–H groups in total. The number of hydrogen-bond donors (Lipinski definition) is 3. The third-order valence-electron chi connectivity index (χ3n) is 12.0. The van der Waals surface area contributed by atoms with E-state index in [1.807, 2.05) is 12.2 Å². The first-order valence-electron chi connectivity index (χ1n) is 20.4. The summed E-state index contributed by atoms with van der Waals surface area (Å²) in [7, 11) is -3.94. The number of aromatic nitrogens is 2. The fourth-order valence-electron chi connectivity index (χ4n) is 8.53. The van der Waals surface area contributed by atoms with Crippen LogP contribution >= 0.6 is 0 Å². The number of nitrogens with zero attached hydrogens (tertiary/aromatic N) is 3. The van der Waals surface area contributed by atoms with Gasteiger partial charge in [0.05, 0.1) is 18.1 Å². The van der Waals surface area contributed by atoms with Crippen LogP contribution in [0.25, 0.3) is 33.7 Å². The fourth-order valence-corrected chi connectivity index (χ4v) is 9.89. The summed E-state index contributed by atoms with van der Waals surface area (Å²) in [5.41, 5.74) is -0.878. The number of furan rings is 2. The van der Waals surface area contributed by atoms with Gasteiger partial charge in [0.25, 0.3) is 11.8 Å². The van der Waals surface area contributed by atoms with E-state index in [9.17, 15) is 32.0 Å². The molecule has 0 radical (unpaired) electrons. The number of alkyl carbamates (subject to hydrolysis) is 1. The maximum absolute atomic E-state index is 14.7. The molecule has 312 valence electrons. The highest BCUT2D eigenvalue weighted by atomic mass is 32.2. The van der Waals surface area contributed by atoms with E-state index in [2.05, 4.69) is 25.3 Å². The number of nitrogens with one attached hydrogen (secondary N) is 3. The number of hydrogen-bond acceptors (Lipinski definition) is 12. The van der Waals surface area contributed by atoms with Gasteiger partial charge in [0, 0.05) is 17.7 Å². The standard InChI is InChI=1S/C41H45FN6O10S/c42-24-14-17-31-28(19-24)33-34(58-31)37(45-35(44-33)32-13-8-18-55-32)56-26-20-30-36(49)46-41(39(51)47-59(53,54)27-15-16-27)21-23(41)9-4-2-1-3-5-12-29(38(50)48(30)22-26)43-40(52)57-25-10-6-7-11-25/h4,8-9,13-14,17-19,23,25-27,29-30H,1-3,5-7,10-12,15-16,20-22H2,(H,43,52)(H,46,49)(H,47,51)/b9-4-/t23-,26-,29+,30+,41-/m1/s1. The summed E-state index contributed by atoms with van der Waals surface area (Å²) in [6.07, 6.45) is 10.8. The number of carbonyl (C=O) groups is 4. The third-order valence-corrected chi connectivity index (χ3v) is 13.8. The molecule has 5 heterocycles. The number of rotatable bonds is 8. The van der Waals surface area contributed by atoms with Gasteiger partial charge in [-0.1, -0.05) is 25.0 Å². The third kappa shape index (κ3) is 7.98. The highest BCUT2D eigenvalue weighted by Gasteiger charge is 2.62. The average molecular weight is 833 g/mol.